The molecule has 0 radical (unpaired) electrons. The molecule has 0 amide bonds. The summed E-state index contributed by atoms with van der Waals surface area (Å²) in [7, 11) is 0. The summed E-state index contributed by atoms with van der Waals surface area (Å²) in [5, 5.41) is 0. The van der Waals surface area contributed by atoms with E-state index in [0.717, 1.165) is 23.0 Å². The Balaban J connectivity index is 1.90. The second-order valence-corrected chi connectivity index (χ2v) is 10.8. The third-order valence-corrected chi connectivity index (χ3v) is 8.47. The summed E-state index contributed by atoms with van der Waals surface area (Å²) >= 11 is 12.9. The first-order valence-electron chi connectivity index (χ1n) is 8.97. The van der Waals surface area contributed by atoms with E-state index < -0.39 is 0 Å². The summed E-state index contributed by atoms with van der Waals surface area (Å²) in [5.74, 6) is 3.93. The molecule has 0 aliphatic heterocycles. The van der Waals surface area contributed by atoms with Crippen molar-refractivity contribution in [2.24, 2.45) is 0 Å². The van der Waals surface area contributed by atoms with E-state index in [-0.39, 0.29) is 10.8 Å². The van der Waals surface area contributed by atoms with E-state index in [2.05, 4.69) is 101 Å². The quantitative estimate of drug-likeness (QED) is 0.254. The van der Waals surface area contributed by atoms with Gasteiger partial charge in [0, 0.05) is 21.3 Å². The van der Waals surface area contributed by atoms with E-state index >= 15 is 0 Å². The Kier molecular flexibility index (Phi) is 8.39. The molecule has 0 heterocycles. The summed E-state index contributed by atoms with van der Waals surface area (Å²) in [5.41, 5.74) is 2.97. The highest BCUT2D eigenvalue weighted by Crippen LogP contribution is 2.31. The molecular formula is C22H30S4. The fourth-order valence-electron chi connectivity index (χ4n) is 2.52. The first kappa shape index (κ1) is 22.1. The van der Waals surface area contributed by atoms with Crippen molar-refractivity contribution in [1.82, 2.24) is 0 Å². The SMILES string of the molecule is CC(C)(CS)c1cccc(SCCSc2cccc(C(C)(C)CS)c2)c1. The summed E-state index contributed by atoms with van der Waals surface area (Å²) in [4.78, 5) is 2.70. The van der Waals surface area contributed by atoms with Crippen LogP contribution in [0.2, 0.25) is 0 Å². The molecule has 0 N–H and O–H groups in total. The molecule has 0 aliphatic rings. The lowest BCUT2D eigenvalue weighted by Crippen LogP contribution is -2.19. The lowest BCUT2D eigenvalue weighted by Gasteiger charge is -2.23. The van der Waals surface area contributed by atoms with Gasteiger partial charge in [0.1, 0.15) is 0 Å². The maximum atomic E-state index is 4.49. The van der Waals surface area contributed by atoms with Crippen molar-refractivity contribution in [2.75, 3.05) is 23.0 Å². The maximum absolute atomic E-state index is 4.49. The van der Waals surface area contributed by atoms with Gasteiger partial charge in [0.25, 0.3) is 0 Å². The molecule has 0 aromatic heterocycles. The van der Waals surface area contributed by atoms with E-state index in [1.54, 1.807) is 0 Å². The predicted molar refractivity (Wildman–Crippen MR) is 128 cm³/mol. The fraction of sp³-hybridized carbons (Fsp3) is 0.455. The molecule has 2 aromatic rings. The van der Waals surface area contributed by atoms with Crippen molar-refractivity contribution >= 4 is 48.8 Å². The van der Waals surface area contributed by atoms with E-state index in [9.17, 15) is 0 Å². The molecule has 26 heavy (non-hydrogen) atoms. The van der Waals surface area contributed by atoms with Gasteiger partial charge in [-0.2, -0.15) is 25.3 Å². The van der Waals surface area contributed by atoms with Gasteiger partial charge in [-0.25, -0.2) is 0 Å². The van der Waals surface area contributed by atoms with Gasteiger partial charge in [-0.1, -0.05) is 52.0 Å². The molecule has 2 aromatic carbocycles. The van der Waals surface area contributed by atoms with Crippen LogP contribution in [0.4, 0.5) is 0 Å². The number of benzene rings is 2. The van der Waals surface area contributed by atoms with Crippen molar-refractivity contribution in [3.8, 4) is 0 Å². The van der Waals surface area contributed by atoms with E-state index in [0.29, 0.717) is 0 Å². The largest absolute Gasteiger partial charge is 0.178 e. The van der Waals surface area contributed by atoms with Crippen LogP contribution in [0, 0.1) is 0 Å². The standard InChI is InChI=1S/C22H30S4/c1-21(2,15-23)17-7-5-9-19(13-17)25-11-12-26-20-10-6-8-18(14-20)22(3,4)16-24/h5-10,13-14,23-24H,11-12,15-16H2,1-4H3. The highest BCUT2D eigenvalue weighted by atomic mass is 32.2. The van der Waals surface area contributed by atoms with Crippen LogP contribution in [0.15, 0.2) is 58.3 Å². The van der Waals surface area contributed by atoms with Gasteiger partial charge in [0.05, 0.1) is 0 Å². The average Bonchev–Trinajstić information content (AvgIpc) is 2.65. The highest BCUT2D eigenvalue weighted by Gasteiger charge is 2.19. The first-order chi connectivity index (χ1) is 12.3. The van der Waals surface area contributed by atoms with Crippen molar-refractivity contribution in [1.29, 1.82) is 0 Å². The van der Waals surface area contributed by atoms with Crippen LogP contribution in [-0.4, -0.2) is 23.0 Å². The molecule has 0 atom stereocenters. The highest BCUT2D eigenvalue weighted by molar-refractivity contribution is 8.03. The maximum Gasteiger partial charge on any atom is 0.00751 e. The molecule has 142 valence electrons. The Morgan fingerprint density at radius 3 is 1.42 bits per heavy atom. The molecule has 0 unspecified atom stereocenters. The van der Waals surface area contributed by atoms with Crippen LogP contribution in [0.1, 0.15) is 38.8 Å². The minimum atomic E-state index is 0.120. The topological polar surface area (TPSA) is 0 Å². The average molecular weight is 423 g/mol. The van der Waals surface area contributed by atoms with Crippen LogP contribution >= 0.6 is 48.8 Å². The van der Waals surface area contributed by atoms with Crippen molar-refractivity contribution in [3.63, 3.8) is 0 Å². The van der Waals surface area contributed by atoms with Crippen LogP contribution < -0.4 is 0 Å². The van der Waals surface area contributed by atoms with Crippen molar-refractivity contribution in [3.05, 3.63) is 59.7 Å². The molecule has 0 saturated carbocycles. The minimum absolute atomic E-state index is 0.120. The van der Waals surface area contributed by atoms with Crippen LogP contribution in [0.25, 0.3) is 0 Å². The number of thiol groups is 2. The van der Waals surface area contributed by atoms with Gasteiger partial charge in [-0.3, -0.25) is 0 Å². The molecule has 0 saturated heterocycles. The summed E-state index contributed by atoms with van der Waals surface area (Å²) in [6.07, 6.45) is 0. The Morgan fingerprint density at radius 1 is 0.692 bits per heavy atom. The van der Waals surface area contributed by atoms with Gasteiger partial charge < -0.3 is 0 Å². The lowest BCUT2D eigenvalue weighted by atomic mass is 9.87. The van der Waals surface area contributed by atoms with Gasteiger partial charge in [-0.15, -0.1) is 23.5 Å². The number of rotatable bonds is 9. The molecule has 0 aliphatic carbocycles. The van der Waals surface area contributed by atoms with Gasteiger partial charge in [-0.05, 0) is 57.7 Å². The van der Waals surface area contributed by atoms with Crippen molar-refractivity contribution in [2.45, 2.75) is 48.3 Å². The normalized spacial score (nSPS) is 12.4. The van der Waals surface area contributed by atoms with Gasteiger partial charge >= 0.3 is 0 Å². The Labute approximate surface area is 179 Å². The van der Waals surface area contributed by atoms with Crippen LogP contribution in [-0.2, 0) is 10.8 Å². The number of hydrogen-bond donors (Lipinski definition) is 2. The Hall–Kier alpha value is -0.160. The monoisotopic (exact) mass is 422 g/mol. The van der Waals surface area contributed by atoms with Gasteiger partial charge in [0.15, 0.2) is 0 Å². The molecular weight excluding hydrogens is 393 g/mol. The molecule has 0 spiro atoms. The van der Waals surface area contributed by atoms with Crippen molar-refractivity contribution < 1.29 is 0 Å². The summed E-state index contributed by atoms with van der Waals surface area (Å²) in [6.45, 7) is 9.00. The Bertz CT molecular complexity index is 645. The van der Waals surface area contributed by atoms with E-state index in [4.69, 9.17) is 0 Å². The molecule has 0 nitrogen and oxygen atoms in total. The third-order valence-electron chi connectivity index (χ3n) is 4.64. The van der Waals surface area contributed by atoms with E-state index in [1.165, 1.54) is 20.9 Å². The summed E-state index contributed by atoms with van der Waals surface area (Å²) in [6, 6.07) is 17.8. The zero-order valence-corrected chi connectivity index (χ0v) is 19.6. The number of hydrogen-bond acceptors (Lipinski definition) is 4. The van der Waals surface area contributed by atoms with Gasteiger partial charge in [0.2, 0.25) is 0 Å². The summed E-state index contributed by atoms with van der Waals surface area (Å²) < 4.78 is 0. The van der Waals surface area contributed by atoms with Crippen LogP contribution in [0.3, 0.4) is 0 Å². The minimum Gasteiger partial charge on any atom is -0.178 e. The molecule has 0 bridgehead atoms. The smallest absolute Gasteiger partial charge is 0.00751 e. The molecule has 2 rings (SSSR count). The molecule has 0 fully saturated rings. The first-order valence-corrected chi connectivity index (χ1v) is 12.2. The molecule has 4 heteroatoms. The van der Waals surface area contributed by atoms with Crippen LogP contribution in [0.5, 0.6) is 0 Å². The third kappa shape index (κ3) is 6.19. The predicted octanol–water partition coefficient (Wildman–Crippen LogP) is 6.99. The second kappa shape index (κ2) is 9.86. The second-order valence-electron chi connectivity index (χ2n) is 7.84. The lowest BCUT2D eigenvalue weighted by molar-refractivity contribution is 0.602. The fourth-order valence-corrected chi connectivity index (χ4v) is 4.79. The zero-order chi connectivity index (χ0) is 19.2. The zero-order valence-electron chi connectivity index (χ0n) is 16.2. The van der Waals surface area contributed by atoms with E-state index in [1.807, 2.05) is 23.5 Å². The number of thioether (sulfide) groups is 2. The Morgan fingerprint density at radius 2 is 1.08 bits per heavy atom.